The van der Waals surface area contributed by atoms with Crippen LogP contribution in [0, 0.1) is 0 Å². The molecule has 0 unspecified atom stereocenters. The van der Waals surface area contributed by atoms with E-state index in [1.807, 2.05) is 0 Å². The van der Waals surface area contributed by atoms with Gasteiger partial charge >= 0.3 is 0 Å². The Morgan fingerprint density at radius 1 is 0.286 bits per heavy atom. The molecule has 0 aromatic heterocycles. The number of hydrogen-bond donors (Lipinski definition) is 0. The predicted octanol–water partition coefficient (Wildman–Crippen LogP) is 11.4. The number of para-hydroxylation sites is 4. The summed E-state index contributed by atoms with van der Waals surface area (Å²) < 4.78 is 0. The second-order valence-corrected chi connectivity index (χ2v) is 10.3. The molecule has 0 N–H and O–H groups in total. The van der Waals surface area contributed by atoms with Crippen LogP contribution in [0.15, 0.2) is 182 Å². The van der Waals surface area contributed by atoms with Gasteiger partial charge in [0.1, 0.15) is 0 Å². The van der Waals surface area contributed by atoms with Crippen LogP contribution in [0.3, 0.4) is 0 Å². The van der Waals surface area contributed by atoms with Gasteiger partial charge in [-0.3, -0.25) is 0 Å². The highest BCUT2D eigenvalue weighted by Gasteiger charge is 2.18. The molecule has 0 fully saturated rings. The van der Waals surface area contributed by atoms with Crippen molar-refractivity contribution in [1.82, 2.24) is 0 Å². The largest absolute Gasteiger partial charge is 0.311 e. The van der Waals surface area contributed by atoms with Crippen LogP contribution in [0.1, 0.15) is 0 Å². The van der Waals surface area contributed by atoms with Crippen LogP contribution in [0.25, 0.3) is 21.9 Å². The molecular weight excluding hydrogens is 508 g/mol. The van der Waals surface area contributed by atoms with E-state index in [9.17, 15) is 0 Å². The summed E-state index contributed by atoms with van der Waals surface area (Å²) in [7, 11) is 0. The van der Waals surface area contributed by atoms with E-state index in [1.165, 1.54) is 21.9 Å². The van der Waals surface area contributed by atoms with E-state index in [4.69, 9.17) is 0 Å². The van der Waals surface area contributed by atoms with Crippen LogP contribution in [0.5, 0.6) is 0 Å². The summed E-state index contributed by atoms with van der Waals surface area (Å²) >= 11 is 0. The normalized spacial score (nSPS) is 10.9. The lowest BCUT2D eigenvalue weighted by atomic mass is 9.98. The molecular formula is C40H30N2. The maximum absolute atomic E-state index is 2.35. The minimum atomic E-state index is 1.10. The number of benzene rings is 7. The lowest BCUT2D eigenvalue weighted by Crippen LogP contribution is -2.12. The van der Waals surface area contributed by atoms with Crippen LogP contribution < -0.4 is 9.80 Å². The molecule has 0 amide bonds. The van der Waals surface area contributed by atoms with E-state index in [2.05, 4.69) is 192 Å². The molecule has 7 rings (SSSR count). The van der Waals surface area contributed by atoms with Crippen molar-refractivity contribution >= 4 is 44.9 Å². The lowest BCUT2D eigenvalue weighted by Gasteiger charge is -2.29. The minimum absolute atomic E-state index is 1.10. The lowest BCUT2D eigenvalue weighted by molar-refractivity contribution is 1.26. The first-order valence-electron chi connectivity index (χ1n) is 14.3. The second kappa shape index (κ2) is 11.5. The van der Waals surface area contributed by atoms with Gasteiger partial charge in [-0.05, 0) is 89.1 Å². The fourth-order valence-electron chi connectivity index (χ4n) is 5.63. The van der Waals surface area contributed by atoms with Crippen LogP contribution in [0.4, 0.5) is 34.1 Å². The zero-order valence-electron chi connectivity index (χ0n) is 23.2. The highest BCUT2D eigenvalue weighted by Crippen LogP contribution is 2.42. The summed E-state index contributed by atoms with van der Waals surface area (Å²) in [6.07, 6.45) is 0. The molecule has 0 aliphatic carbocycles. The molecule has 200 valence electrons. The van der Waals surface area contributed by atoms with E-state index in [0.717, 1.165) is 34.1 Å². The zero-order chi connectivity index (χ0) is 28.1. The van der Waals surface area contributed by atoms with Gasteiger partial charge in [-0.1, -0.05) is 109 Å². The molecule has 0 aliphatic rings. The SMILES string of the molecule is c1ccc(N(c2ccccc2)c2ccc(N(c3ccccc3)c3ccccc3-c3ccc4ccccc4c3)cc2)cc1. The van der Waals surface area contributed by atoms with Crippen molar-refractivity contribution in [2.24, 2.45) is 0 Å². The number of anilines is 6. The van der Waals surface area contributed by atoms with Crippen LogP contribution >= 0.6 is 0 Å². The minimum Gasteiger partial charge on any atom is -0.311 e. The Morgan fingerprint density at radius 2 is 0.714 bits per heavy atom. The number of hydrogen-bond acceptors (Lipinski definition) is 2. The Balaban J connectivity index is 1.34. The smallest absolute Gasteiger partial charge is 0.0540 e. The molecule has 7 aromatic carbocycles. The predicted molar refractivity (Wildman–Crippen MR) is 179 cm³/mol. The van der Waals surface area contributed by atoms with Gasteiger partial charge in [0.15, 0.2) is 0 Å². The van der Waals surface area contributed by atoms with Crippen molar-refractivity contribution in [2.75, 3.05) is 9.80 Å². The van der Waals surface area contributed by atoms with Gasteiger partial charge in [0.25, 0.3) is 0 Å². The highest BCUT2D eigenvalue weighted by atomic mass is 15.2. The summed E-state index contributed by atoms with van der Waals surface area (Å²) in [5.74, 6) is 0. The summed E-state index contributed by atoms with van der Waals surface area (Å²) in [6.45, 7) is 0. The first-order chi connectivity index (χ1) is 20.8. The van der Waals surface area contributed by atoms with Gasteiger partial charge in [0.2, 0.25) is 0 Å². The molecule has 42 heavy (non-hydrogen) atoms. The Morgan fingerprint density at radius 3 is 1.31 bits per heavy atom. The Kier molecular flexibility index (Phi) is 6.94. The van der Waals surface area contributed by atoms with Crippen molar-refractivity contribution in [3.63, 3.8) is 0 Å². The van der Waals surface area contributed by atoms with E-state index >= 15 is 0 Å². The topological polar surface area (TPSA) is 6.48 Å². The van der Waals surface area contributed by atoms with E-state index in [1.54, 1.807) is 0 Å². The molecule has 0 atom stereocenters. The standard InChI is InChI=1S/C40H30N2/c1-4-16-34(17-5-1)41(35-18-6-2-7-19-35)37-26-28-38(29-27-37)42(36-20-8-3-9-21-36)40-23-13-12-22-39(40)33-25-24-31-14-10-11-15-32(31)30-33/h1-30H. The van der Waals surface area contributed by atoms with Crippen molar-refractivity contribution < 1.29 is 0 Å². The Labute approximate surface area is 247 Å². The van der Waals surface area contributed by atoms with Gasteiger partial charge < -0.3 is 9.80 Å². The van der Waals surface area contributed by atoms with E-state index in [-0.39, 0.29) is 0 Å². The van der Waals surface area contributed by atoms with Gasteiger partial charge in [-0.15, -0.1) is 0 Å². The number of rotatable bonds is 7. The van der Waals surface area contributed by atoms with Gasteiger partial charge in [-0.25, -0.2) is 0 Å². The maximum atomic E-state index is 2.35. The van der Waals surface area contributed by atoms with Crippen molar-refractivity contribution in [3.05, 3.63) is 182 Å². The summed E-state index contributed by atoms with van der Waals surface area (Å²) in [5.41, 5.74) is 9.08. The Hall–Kier alpha value is -5.60. The summed E-state index contributed by atoms with van der Waals surface area (Å²) in [6, 6.07) is 64.5. The molecule has 0 radical (unpaired) electrons. The average molecular weight is 539 g/mol. The second-order valence-electron chi connectivity index (χ2n) is 10.3. The fraction of sp³-hybridized carbons (Fsp3) is 0. The number of nitrogens with zero attached hydrogens (tertiary/aromatic N) is 2. The molecule has 7 aromatic rings. The first-order valence-corrected chi connectivity index (χ1v) is 14.3. The average Bonchev–Trinajstić information content (AvgIpc) is 3.07. The molecule has 2 heteroatoms. The quantitative estimate of drug-likeness (QED) is 0.199. The van der Waals surface area contributed by atoms with Gasteiger partial charge in [0.05, 0.1) is 5.69 Å². The van der Waals surface area contributed by atoms with Crippen LogP contribution in [0.2, 0.25) is 0 Å². The zero-order valence-corrected chi connectivity index (χ0v) is 23.2. The molecule has 0 spiro atoms. The fourth-order valence-corrected chi connectivity index (χ4v) is 5.63. The third-order valence-corrected chi connectivity index (χ3v) is 7.61. The first kappa shape index (κ1) is 25.4. The molecule has 0 aliphatic heterocycles. The van der Waals surface area contributed by atoms with Crippen molar-refractivity contribution in [1.29, 1.82) is 0 Å². The molecule has 0 saturated carbocycles. The van der Waals surface area contributed by atoms with Crippen molar-refractivity contribution in [2.45, 2.75) is 0 Å². The maximum Gasteiger partial charge on any atom is 0.0540 e. The van der Waals surface area contributed by atoms with Crippen LogP contribution in [-0.4, -0.2) is 0 Å². The monoisotopic (exact) mass is 538 g/mol. The van der Waals surface area contributed by atoms with Crippen LogP contribution in [-0.2, 0) is 0 Å². The molecule has 0 heterocycles. The van der Waals surface area contributed by atoms with Gasteiger partial charge in [-0.2, -0.15) is 0 Å². The van der Waals surface area contributed by atoms with Crippen molar-refractivity contribution in [3.8, 4) is 11.1 Å². The number of fused-ring (bicyclic) bond motifs is 1. The van der Waals surface area contributed by atoms with E-state index in [0.29, 0.717) is 0 Å². The molecule has 2 nitrogen and oxygen atoms in total. The van der Waals surface area contributed by atoms with Gasteiger partial charge in [0, 0.05) is 34.0 Å². The molecule has 0 bridgehead atoms. The summed E-state index contributed by atoms with van der Waals surface area (Å²) in [4.78, 5) is 4.64. The third-order valence-electron chi connectivity index (χ3n) is 7.61. The summed E-state index contributed by atoms with van der Waals surface area (Å²) in [5, 5.41) is 2.48. The Bertz CT molecular complexity index is 1880. The van der Waals surface area contributed by atoms with E-state index < -0.39 is 0 Å². The molecule has 0 saturated heterocycles. The highest BCUT2D eigenvalue weighted by molar-refractivity contribution is 5.93. The third kappa shape index (κ3) is 5.02.